The van der Waals surface area contributed by atoms with E-state index in [1.54, 1.807) is 4.90 Å². The van der Waals surface area contributed by atoms with Crippen LogP contribution in [0, 0.1) is 0 Å². The van der Waals surface area contributed by atoms with Gasteiger partial charge >= 0.3 is 6.09 Å². The summed E-state index contributed by atoms with van der Waals surface area (Å²) in [6, 6.07) is 0.547. The molecule has 1 rings (SSSR count). The maximum atomic E-state index is 11.5. The van der Waals surface area contributed by atoms with Gasteiger partial charge < -0.3 is 15.0 Å². The molecule has 0 spiro atoms. The van der Waals surface area contributed by atoms with Crippen LogP contribution in [0.4, 0.5) is 4.79 Å². The second kappa shape index (κ2) is 8.12. The molecule has 0 bridgehead atoms. The van der Waals surface area contributed by atoms with Gasteiger partial charge in [-0.2, -0.15) is 0 Å². The molecule has 1 amide bonds. The monoisotopic (exact) mass is 240 g/mol. The number of carbonyl (C=O) groups is 1. The minimum absolute atomic E-state index is 0.167. The van der Waals surface area contributed by atoms with E-state index in [0.717, 1.165) is 38.9 Å². The van der Waals surface area contributed by atoms with Gasteiger partial charge in [0.25, 0.3) is 0 Å². The molecule has 98 valence electrons. The Kier molecular flexibility index (Phi) is 6.70. The summed E-state index contributed by atoms with van der Waals surface area (Å²) in [5.74, 6) is 0. The first-order valence-corrected chi connectivity index (χ1v) is 6.54. The van der Waals surface area contributed by atoms with Crippen molar-refractivity contribution in [3.63, 3.8) is 0 Å². The summed E-state index contributed by atoms with van der Waals surface area (Å²) >= 11 is 0. The van der Waals surface area contributed by atoms with Crippen LogP contribution in [-0.4, -0.2) is 43.3 Å². The number of piperidine rings is 1. The minimum Gasteiger partial charge on any atom is -0.450 e. The van der Waals surface area contributed by atoms with Gasteiger partial charge in [0.1, 0.15) is 0 Å². The van der Waals surface area contributed by atoms with E-state index in [-0.39, 0.29) is 6.09 Å². The normalized spacial score (nSPS) is 17.6. The third-order valence-electron chi connectivity index (χ3n) is 3.00. The highest BCUT2D eigenvalue weighted by molar-refractivity contribution is 5.67. The van der Waals surface area contributed by atoms with Crippen molar-refractivity contribution in [2.45, 2.75) is 39.2 Å². The van der Waals surface area contributed by atoms with E-state index in [1.807, 2.05) is 13.8 Å². The van der Waals surface area contributed by atoms with Crippen molar-refractivity contribution in [2.75, 3.05) is 26.2 Å². The summed E-state index contributed by atoms with van der Waals surface area (Å²) < 4.78 is 4.99. The Morgan fingerprint density at radius 3 is 2.76 bits per heavy atom. The van der Waals surface area contributed by atoms with Crippen molar-refractivity contribution < 1.29 is 9.53 Å². The number of nitrogens with zero attached hydrogens (tertiary/aromatic N) is 1. The lowest BCUT2D eigenvalue weighted by molar-refractivity contribution is 0.0952. The van der Waals surface area contributed by atoms with Crippen molar-refractivity contribution in [3.8, 4) is 0 Å². The number of hydrogen-bond donors (Lipinski definition) is 1. The second-order valence-corrected chi connectivity index (χ2v) is 4.27. The van der Waals surface area contributed by atoms with Crippen LogP contribution in [0.15, 0.2) is 12.2 Å². The van der Waals surface area contributed by atoms with E-state index in [1.165, 1.54) is 0 Å². The summed E-state index contributed by atoms with van der Waals surface area (Å²) in [5, 5.41) is 3.52. The summed E-state index contributed by atoms with van der Waals surface area (Å²) in [6.07, 6.45) is 7.20. The van der Waals surface area contributed by atoms with Crippen LogP contribution >= 0.6 is 0 Å². The number of nitrogens with one attached hydrogen (secondary N) is 1. The number of carbonyl (C=O) groups excluding carboxylic acids is 1. The van der Waals surface area contributed by atoms with Gasteiger partial charge in [-0.25, -0.2) is 4.79 Å². The molecule has 1 aliphatic rings. The smallest absolute Gasteiger partial charge is 0.409 e. The molecule has 0 saturated carbocycles. The lowest BCUT2D eigenvalue weighted by Gasteiger charge is -2.31. The van der Waals surface area contributed by atoms with E-state index in [0.29, 0.717) is 12.6 Å². The standard InChI is InChI=1S/C13H24N2O2/c1-3-5-6-9-14-12-7-10-15(11-8-12)13(16)17-4-2/h3,5,12,14H,4,6-11H2,1-2H3/b5-3+. The Labute approximate surface area is 104 Å². The van der Waals surface area contributed by atoms with E-state index in [9.17, 15) is 4.79 Å². The van der Waals surface area contributed by atoms with Crippen LogP contribution in [0.25, 0.3) is 0 Å². The van der Waals surface area contributed by atoms with E-state index in [2.05, 4.69) is 17.5 Å². The molecule has 0 aliphatic carbocycles. The molecule has 1 heterocycles. The Morgan fingerprint density at radius 2 is 2.18 bits per heavy atom. The highest BCUT2D eigenvalue weighted by Crippen LogP contribution is 2.11. The van der Waals surface area contributed by atoms with Gasteiger partial charge in [-0.1, -0.05) is 12.2 Å². The van der Waals surface area contributed by atoms with E-state index >= 15 is 0 Å². The van der Waals surface area contributed by atoms with Gasteiger partial charge in [-0.15, -0.1) is 0 Å². The molecule has 4 heteroatoms. The number of rotatable bonds is 5. The first kappa shape index (κ1) is 14.0. The Bertz CT molecular complexity index is 246. The zero-order chi connectivity index (χ0) is 12.5. The fourth-order valence-corrected chi connectivity index (χ4v) is 2.02. The van der Waals surface area contributed by atoms with Crippen molar-refractivity contribution in [1.29, 1.82) is 0 Å². The molecular weight excluding hydrogens is 216 g/mol. The van der Waals surface area contributed by atoms with Gasteiger partial charge in [0, 0.05) is 19.1 Å². The van der Waals surface area contributed by atoms with E-state index in [4.69, 9.17) is 4.74 Å². The molecule has 1 N–H and O–H groups in total. The quantitative estimate of drug-likeness (QED) is 0.591. The third-order valence-corrected chi connectivity index (χ3v) is 3.00. The maximum absolute atomic E-state index is 11.5. The topological polar surface area (TPSA) is 41.6 Å². The summed E-state index contributed by atoms with van der Waals surface area (Å²) in [6.45, 7) is 6.97. The fourth-order valence-electron chi connectivity index (χ4n) is 2.02. The summed E-state index contributed by atoms with van der Waals surface area (Å²) in [5.41, 5.74) is 0. The predicted molar refractivity (Wildman–Crippen MR) is 69.1 cm³/mol. The second-order valence-electron chi connectivity index (χ2n) is 4.27. The molecule has 0 atom stereocenters. The number of allylic oxidation sites excluding steroid dienone is 1. The van der Waals surface area contributed by atoms with Crippen LogP contribution in [0.3, 0.4) is 0 Å². The van der Waals surface area contributed by atoms with Crippen LogP contribution in [0.1, 0.15) is 33.1 Å². The fraction of sp³-hybridized carbons (Fsp3) is 0.769. The van der Waals surface area contributed by atoms with Crippen molar-refractivity contribution >= 4 is 6.09 Å². The van der Waals surface area contributed by atoms with Crippen molar-refractivity contribution in [1.82, 2.24) is 10.2 Å². The number of amides is 1. The van der Waals surface area contributed by atoms with Crippen molar-refractivity contribution in [3.05, 3.63) is 12.2 Å². The molecule has 0 radical (unpaired) electrons. The molecule has 1 saturated heterocycles. The lowest BCUT2D eigenvalue weighted by Crippen LogP contribution is -2.45. The minimum atomic E-state index is -0.167. The average molecular weight is 240 g/mol. The van der Waals surface area contributed by atoms with E-state index < -0.39 is 0 Å². The molecule has 1 aliphatic heterocycles. The molecule has 1 fully saturated rings. The Balaban J connectivity index is 2.15. The number of likely N-dealkylation sites (tertiary alicyclic amines) is 1. The van der Waals surface area contributed by atoms with Crippen LogP contribution < -0.4 is 5.32 Å². The molecule has 0 aromatic carbocycles. The number of ether oxygens (including phenoxy) is 1. The largest absolute Gasteiger partial charge is 0.450 e. The average Bonchev–Trinajstić information content (AvgIpc) is 2.36. The highest BCUT2D eigenvalue weighted by Gasteiger charge is 2.22. The summed E-state index contributed by atoms with van der Waals surface area (Å²) in [4.78, 5) is 13.3. The zero-order valence-corrected chi connectivity index (χ0v) is 10.9. The van der Waals surface area contributed by atoms with Gasteiger partial charge in [0.05, 0.1) is 6.61 Å². The van der Waals surface area contributed by atoms with Crippen molar-refractivity contribution in [2.24, 2.45) is 0 Å². The molecule has 0 aromatic heterocycles. The molecule has 0 unspecified atom stereocenters. The molecular formula is C13H24N2O2. The van der Waals surface area contributed by atoms with Crippen LogP contribution in [-0.2, 0) is 4.74 Å². The van der Waals surface area contributed by atoms with Gasteiger partial charge in [0.15, 0.2) is 0 Å². The Morgan fingerprint density at radius 1 is 1.47 bits per heavy atom. The molecule has 17 heavy (non-hydrogen) atoms. The molecule has 4 nitrogen and oxygen atoms in total. The Hall–Kier alpha value is -1.03. The zero-order valence-electron chi connectivity index (χ0n) is 10.9. The lowest BCUT2D eigenvalue weighted by atomic mass is 10.1. The maximum Gasteiger partial charge on any atom is 0.409 e. The van der Waals surface area contributed by atoms with Crippen LogP contribution in [0.5, 0.6) is 0 Å². The SMILES string of the molecule is C/C=C/CCNC1CCN(C(=O)OCC)CC1. The number of hydrogen-bond acceptors (Lipinski definition) is 3. The molecule has 0 aromatic rings. The first-order valence-electron chi connectivity index (χ1n) is 6.54. The van der Waals surface area contributed by atoms with Gasteiger partial charge in [0.2, 0.25) is 0 Å². The third kappa shape index (κ3) is 5.22. The summed E-state index contributed by atoms with van der Waals surface area (Å²) in [7, 11) is 0. The van der Waals surface area contributed by atoms with Gasteiger partial charge in [-0.05, 0) is 39.7 Å². The van der Waals surface area contributed by atoms with Crippen LogP contribution in [0.2, 0.25) is 0 Å². The predicted octanol–water partition coefficient (Wildman–Crippen LogP) is 2.16. The van der Waals surface area contributed by atoms with Gasteiger partial charge in [-0.3, -0.25) is 0 Å². The highest BCUT2D eigenvalue weighted by atomic mass is 16.6. The first-order chi connectivity index (χ1) is 8.27.